The van der Waals surface area contributed by atoms with Gasteiger partial charge in [0.1, 0.15) is 6.10 Å². The van der Waals surface area contributed by atoms with Gasteiger partial charge in [-0.2, -0.15) is 0 Å². The summed E-state index contributed by atoms with van der Waals surface area (Å²) in [6.45, 7) is 9.02. The van der Waals surface area contributed by atoms with E-state index in [0.717, 1.165) is 39.3 Å². The van der Waals surface area contributed by atoms with Gasteiger partial charge in [-0.15, -0.1) is 0 Å². The molecule has 1 aromatic rings. The molecule has 0 aromatic heterocycles. The Morgan fingerprint density at radius 1 is 1.10 bits per heavy atom. The fraction of sp³-hybridized carbons (Fsp3) is 0.571. The molecule has 2 N–H and O–H groups in total. The van der Waals surface area contributed by atoms with Crippen molar-refractivity contribution in [3.63, 3.8) is 0 Å². The Morgan fingerprint density at radius 3 is 2.27 bits per heavy atom. The summed E-state index contributed by atoms with van der Waals surface area (Å²) in [7, 11) is 0. The van der Waals surface area contributed by atoms with Crippen LogP contribution < -0.4 is 0 Å². The van der Waals surface area contributed by atoms with Crippen molar-refractivity contribution in [3.8, 4) is 0 Å². The van der Waals surface area contributed by atoms with Crippen LogP contribution in [0.4, 0.5) is 0 Å². The molecule has 9 nitrogen and oxygen atoms in total. The van der Waals surface area contributed by atoms with Crippen molar-refractivity contribution in [2.75, 3.05) is 39.5 Å². The van der Waals surface area contributed by atoms with Crippen LogP contribution in [0.3, 0.4) is 0 Å². The van der Waals surface area contributed by atoms with Crippen molar-refractivity contribution in [1.29, 1.82) is 0 Å². The highest BCUT2D eigenvalue weighted by atomic mass is 16.6. The van der Waals surface area contributed by atoms with Crippen LogP contribution in [0.5, 0.6) is 0 Å². The molecule has 0 spiro atoms. The Kier molecular flexibility index (Phi) is 8.76. The first-order valence-corrected chi connectivity index (χ1v) is 9.84. The number of aliphatic carboxylic acids is 2. The summed E-state index contributed by atoms with van der Waals surface area (Å²) in [4.78, 5) is 33.0. The van der Waals surface area contributed by atoms with E-state index in [1.807, 2.05) is 18.2 Å². The van der Waals surface area contributed by atoms with Crippen molar-refractivity contribution >= 4 is 17.9 Å². The minimum absolute atomic E-state index is 0.121. The van der Waals surface area contributed by atoms with Gasteiger partial charge in [0, 0.05) is 32.0 Å². The van der Waals surface area contributed by atoms with Crippen LogP contribution in [0.25, 0.3) is 0 Å². The molecule has 0 aliphatic carbocycles. The summed E-state index contributed by atoms with van der Waals surface area (Å²) in [5.74, 6) is -3.70. The number of nitrogens with zero attached hydrogens (tertiary/aromatic N) is 1. The topological polar surface area (TPSA) is 123 Å². The monoisotopic (exact) mass is 423 g/mol. The Bertz CT molecular complexity index is 703. The van der Waals surface area contributed by atoms with Crippen molar-refractivity contribution in [3.05, 3.63) is 35.9 Å². The maximum absolute atomic E-state index is 12.5. The first kappa shape index (κ1) is 23.8. The summed E-state index contributed by atoms with van der Waals surface area (Å²) >= 11 is 0. The molecule has 2 saturated heterocycles. The second kappa shape index (κ2) is 11.1. The third-order valence-electron chi connectivity index (χ3n) is 4.95. The van der Waals surface area contributed by atoms with Gasteiger partial charge in [-0.25, -0.2) is 14.4 Å². The molecular formula is C21H29NO8. The first-order chi connectivity index (χ1) is 14.2. The summed E-state index contributed by atoms with van der Waals surface area (Å²) < 4.78 is 17.3. The lowest BCUT2D eigenvalue weighted by atomic mass is 9.88. The lowest BCUT2D eigenvalue weighted by Gasteiger charge is -2.42. The number of morpholine rings is 1. The van der Waals surface area contributed by atoms with E-state index in [4.69, 9.17) is 34.0 Å². The smallest absolute Gasteiger partial charge is 0.414 e. The number of carboxylic acids is 2. The molecule has 1 aromatic carbocycles. The van der Waals surface area contributed by atoms with E-state index in [1.54, 1.807) is 12.1 Å². The van der Waals surface area contributed by atoms with E-state index in [1.165, 1.54) is 0 Å². The van der Waals surface area contributed by atoms with Gasteiger partial charge in [-0.3, -0.25) is 4.90 Å². The molecule has 166 valence electrons. The quantitative estimate of drug-likeness (QED) is 0.548. The number of hydrogen-bond acceptors (Lipinski definition) is 7. The summed E-state index contributed by atoms with van der Waals surface area (Å²) in [6.07, 6.45) is 0.602. The van der Waals surface area contributed by atoms with Crippen LogP contribution in [0.15, 0.2) is 30.3 Å². The zero-order chi connectivity index (χ0) is 22.1. The normalized spacial score (nSPS) is 23.5. The van der Waals surface area contributed by atoms with E-state index in [-0.39, 0.29) is 23.6 Å². The molecule has 9 heteroatoms. The van der Waals surface area contributed by atoms with Crippen LogP contribution in [-0.4, -0.2) is 84.2 Å². The Labute approximate surface area is 175 Å². The highest BCUT2D eigenvalue weighted by molar-refractivity contribution is 6.27. The number of benzene rings is 1. The van der Waals surface area contributed by atoms with E-state index in [9.17, 15) is 4.79 Å². The van der Waals surface area contributed by atoms with Gasteiger partial charge in [-0.1, -0.05) is 18.2 Å². The second-order valence-corrected chi connectivity index (χ2v) is 7.87. The van der Waals surface area contributed by atoms with E-state index < -0.39 is 11.9 Å². The standard InChI is InChI=1S/C19H27NO4.C2H2O4/c1-19(2)12-17(24-18(21)15-6-4-3-5-7-15)16(14-23-19)13-20-8-10-22-11-9-20;3-1(4)2(5)6/h3-7,16-17H,8-14H2,1-2H3;(H,3,4)(H,5,6). The lowest BCUT2D eigenvalue weighted by molar-refractivity contribution is -0.159. The highest BCUT2D eigenvalue weighted by Gasteiger charge is 2.39. The first-order valence-electron chi connectivity index (χ1n) is 9.84. The Balaban J connectivity index is 0.000000469. The number of rotatable bonds is 4. The molecule has 2 unspecified atom stereocenters. The predicted octanol–water partition coefficient (Wildman–Crippen LogP) is 1.51. The molecular weight excluding hydrogens is 394 g/mol. The SMILES string of the molecule is CC1(C)CC(OC(=O)c2ccccc2)C(CN2CCOCC2)CO1.O=C(O)C(=O)O. The number of hydrogen-bond donors (Lipinski definition) is 2. The number of esters is 1. The van der Waals surface area contributed by atoms with Crippen LogP contribution in [0.1, 0.15) is 30.6 Å². The lowest BCUT2D eigenvalue weighted by Crippen LogP contribution is -2.50. The number of ether oxygens (including phenoxy) is 3. The average molecular weight is 423 g/mol. The molecule has 2 aliphatic heterocycles. The van der Waals surface area contributed by atoms with Gasteiger partial charge in [-0.05, 0) is 26.0 Å². The maximum Gasteiger partial charge on any atom is 0.414 e. The van der Waals surface area contributed by atoms with Crippen molar-refractivity contribution in [2.24, 2.45) is 5.92 Å². The molecule has 3 rings (SSSR count). The molecule has 0 amide bonds. The van der Waals surface area contributed by atoms with Crippen molar-refractivity contribution in [2.45, 2.75) is 32.0 Å². The molecule has 2 heterocycles. The van der Waals surface area contributed by atoms with Gasteiger partial charge < -0.3 is 24.4 Å². The summed E-state index contributed by atoms with van der Waals surface area (Å²) in [5.41, 5.74) is 0.343. The third-order valence-corrected chi connectivity index (χ3v) is 4.95. The van der Waals surface area contributed by atoms with Gasteiger partial charge in [0.25, 0.3) is 0 Å². The number of carbonyl (C=O) groups is 3. The maximum atomic E-state index is 12.5. The van der Waals surface area contributed by atoms with Gasteiger partial charge in [0.05, 0.1) is 31.0 Å². The average Bonchev–Trinajstić information content (AvgIpc) is 2.71. The highest BCUT2D eigenvalue weighted by Crippen LogP contribution is 2.31. The predicted molar refractivity (Wildman–Crippen MR) is 106 cm³/mol. The molecule has 2 fully saturated rings. The van der Waals surface area contributed by atoms with Crippen LogP contribution >= 0.6 is 0 Å². The van der Waals surface area contributed by atoms with Crippen LogP contribution in [0, 0.1) is 5.92 Å². The molecule has 0 bridgehead atoms. The summed E-state index contributed by atoms with van der Waals surface area (Å²) in [5, 5.41) is 14.8. The Hall–Kier alpha value is -2.49. The van der Waals surface area contributed by atoms with Gasteiger partial charge in [0.15, 0.2) is 0 Å². The van der Waals surface area contributed by atoms with Gasteiger partial charge >= 0.3 is 17.9 Å². The zero-order valence-electron chi connectivity index (χ0n) is 17.3. The fourth-order valence-electron chi connectivity index (χ4n) is 3.35. The van der Waals surface area contributed by atoms with E-state index in [2.05, 4.69) is 18.7 Å². The van der Waals surface area contributed by atoms with Gasteiger partial charge in [0.2, 0.25) is 0 Å². The summed E-state index contributed by atoms with van der Waals surface area (Å²) in [6, 6.07) is 9.20. The van der Waals surface area contributed by atoms with E-state index in [0.29, 0.717) is 12.2 Å². The van der Waals surface area contributed by atoms with Crippen LogP contribution in [0.2, 0.25) is 0 Å². The molecule has 2 atom stereocenters. The largest absolute Gasteiger partial charge is 0.473 e. The second-order valence-electron chi connectivity index (χ2n) is 7.87. The minimum atomic E-state index is -1.82. The number of carbonyl (C=O) groups excluding carboxylic acids is 1. The third kappa shape index (κ3) is 7.74. The van der Waals surface area contributed by atoms with Crippen molar-refractivity contribution in [1.82, 2.24) is 4.90 Å². The zero-order valence-corrected chi connectivity index (χ0v) is 17.3. The molecule has 0 saturated carbocycles. The Morgan fingerprint density at radius 2 is 1.70 bits per heavy atom. The van der Waals surface area contributed by atoms with Crippen molar-refractivity contribution < 1.29 is 38.8 Å². The molecule has 2 aliphatic rings. The molecule has 0 radical (unpaired) electrons. The number of carboxylic acid groups (broad SMARTS) is 2. The molecule has 30 heavy (non-hydrogen) atoms. The van der Waals surface area contributed by atoms with Crippen LogP contribution in [-0.2, 0) is 23.8 Å². The fourth-order valence-corrected chi connectivity index (χ4v) is 3.35. The minimum Gasteiger partial charge on any atom is -0.473 e. The van der Waals surface area contributed by atoms with E-state index >= 15 is 0 Å².